The summed E-state index contributed by atoms with van der Waals surface area (Å²) in [5.41, 5.74) is 0.957. The predicted molar refractivity (Wildman–Crippen MR) is 166 cm³/mol. The number of allylic oxidation sites excluding steroid dienone is 1. The molecule has 7 rings (SSSR count). The van der Waals surface area contributed by atoms with Crippen LogP contribution in [0, 0.1) is 56.7 Å². The normalized spacial score (nSPS) is 48.6. The van der Waals surface area contributed by atoms with E-state index in [0.29, 0.717) is 23.7 Å². The molecule has 9 nitrogen and oxygen atoms in total. The van der Waals surface area contributed by atoms with E-state index in [1.54, 1.807) is 24.8 Å². The van der Waals surface area contributed by atoms with E-state index < -0.39 is 16.1 Å². The highest BCUT2D eigenvalue weighted by molar-refractivity contribution is 5.85. The van der Waals surface area contributed by atoms with E-state index in [1.165, 1.54) is 10.3 Å². The van der Waals surface area contributed by atoms with E-state index in [1.807, 2.05) is 0 Å². The summed E-state index contributed by atoms with van der Waals surface area (Å²) in [5, 5.41) is 26.9. The minimum atomic E-state index is -0.937. The quantitative estimate of drug-likeness (QED) is 0.276. The topological polar surface area (TPSA) is 110 Å². The van der Waals surface area contributed by atoms with E-state index in [9.17, 15) is 14.7 Å². The van der Waals surface area contributed by atoms with Gasteiger partial charge in [0.05, 0.1) is 17.8 Å². The van der Waals surface area contributed by atoms with E-state index in [0.717, 1.165) is 64.2 Å². The molecular weight excluding hydrogens is 552 g/mol. The molecule has 1 N–H and O–H groups in total. The summed E-state index contributed by atoms with van der Waals surface area (Å²) < 4.78 is 1.09. The van der Waals surface area contributed by atoms with Crippen molar-refractivity contribution in [2.45, 2.75) is 112 Å². The van der Waals surface area contributed by atoms with Gasteiger partial charge in [-0.15, -0.1) is 10.2 Å². The average molecular weight is 604 g/mol. The molecule has 0 bridgehead atoms. The van der Waals surface area contributed by atoms with E-state index in [2.05, 4.69) is 68.8 Å². The van der Waals surface area contributed by atoms with Gasteiger partial charge in [-0.3, -0.25) is 4.79 Å². The van der Waals surface area contributed by atoms with Crippen molar-refractivity contribution < 1.29 is 19.3 Å². The fourth-order valence-electron chi connectivity index (χ4n) is 13.4. The van der Waals surface area contributed by atoms with Gasteiger partial charge >= 0.3 is 6.09 Å². The van der Waals surface area contributed by atoms with Crippen LogP contribution < -0.4 is 0 Å². The minimum absolute atomic E-state index is 0.110. The first-order valence-electron chi connectivity index (χ1n) is 17.0. The van der Waals surface area contributed by atoms with Crippen LogP contribution in [0.1, 0.15) is 111 Å². The Morgan fingerprint density at radius 2 is 1.70 bits per heavy atom. The molecule has 5 aliphatic carbocycles. The number of rotatable bonds is 3. The third-order valence-electron chi connectivity index (χ3n) is 15.4. The Morgan fingerprint density at radius 1 is 0.932 bits per heavy atom. The first-order chi connectivity index (χ1) is 20.7. The molecule has 6 aliphatic rings. The highest BCUT2D eigenvalue weighted by Crippen LogP contribution is 2.78. The van der Waals surface area contributed by atoms with Crippen molar-refractivity contribution in [3.8, 4) is 0 Å². The Bertz CT molecular complexity index is 1440. The van der Waals surface area contributed by atoms with Gasteiger partial charge in [-0.2, -0.15) is 9.48 Å². The maximum Gasteiger partial charge on any atom is 0.547 e. The lowest BCUT2D eigenvalue weighted by Gasteiger charge is -2.72. The number of carboxylic acid groups (broad SMARTS) is 1. The van der Waals surface area contributed by atoms with Crippen molar-refractivity contribution in [3.05, 3.63) is 36.9 Å². The summed E-state index contributed by atoms with van der Waals surface area (Å²) in [7, 11) is 0. The van der Waals surface area contributed by atoms with Crippen molar-refractivity contribution in [1.29, 1.82) is 0 Å². The number of quaternary nitrogens is 1. The molecule has 1 aromatic rings. The lowest BCUT2D eigenvalue weighted by molar-refractivity contribution is -0.852. The second kappa shape index (κ2) is 9.43. The molecular formula is C35H51N6O3+. The van der Waals surface area contributed by atoms with Crippen molar-refractivity contribution in [2.24, 2.45) is 67.0 Å². The van der Waals surface area contributed by atoms with Gasteiger partial charge in [0.2, 0.25) is 0 Å². The van der Waals surface area contributed by atoms with Crippen LogP contribution in [0.2, 0.25) is 0 Å². The SMILES string of the molecule is C=C(C)[C@@H]1CC[C@]2(C(=O)n3ccnn3)CC[C@]3(C)[C@H](CCC4[C@@]5(C)CC[C@H]([N+]6(C(=O)O)C=CN=N6)C(C)(C)[C@@H]5CC[C@]43C)[C@@H]12. The molecule has 0 radical (unpaired) electrons. The molecule has 9 heteroatoms. The number of nitrogens with zero attached hydrogens (tertiary/aromatic N) is 6. The van der Waals surface area contributed by atoms with Gasteiger partial charge in [0.15, 0.2) is 6.20 Å². The highest BCUT2D eigenvalue weighted by Gasteiger charge is 2.73. The Labute approximate surface area is 261 Å². The summed E-state index contributed by atoms with van der Waals surface area (Å²) in [6.07, 6.45) is 15.9. The summed E-state index contributed by atoms with van der Waals surface area (Å²) in [6.45, 7) is 19.0. The molecule has 0 spiro atoms. The predicted octanol–water partition coefficient (Wildman–Crippen LogP) is 8.29. The second-order valence-corrected chi connectivity index (χ2v) is 16.9. The summed E-state index contributed by atoms with van der Waals surface area (Å²) in [6, 6.07) is -0.148. The van der Waals surface area contributed by atoms with Gasteiger partial charge in [0, 0.05) is 17.1 Å². The molecule has 238 valence electrons. The fraction of sp³-hybridized carbons (Fsp3) is 0.771. The zero-order valence-corrected chi connectivity index (χ0v) is 27.5. The standard InChI is InChI=1S/C35H50N6O3/c1-22(2)23-10-15-35(29(42)40-20-18-36-38-40)17-16-33(6)24(28(23)35)8-9-26-32(5)13-12-27(41(30(43)44)21-19-37-39-41)31(3,4)25(32)11-14-34(26,33)7/h18-21,23-28H,1,8-17H2,2-7H3/p+1/t23-,24+,25-,26?,27-,28+,32-,33+,34+,35-,41?/m0/s1. The van der Waals surface area contributed by atoms with Crippen molar-refractivity contribution in [1.82, 2.24) is 15.0 Å². The first-order valence-corrected chi connectivity index (χ1v) is 17.0. The van der Waals surface area contributed by atoms with Crippen LogP contribution in [0.3, 0.4) is 0 Å². The number of carbonyl (C=O) groups excluding carboxylic acids is 1. The van der Waals surface area contributed by atoms with Gasteiger partial charge in [0.25, 0.3) is 5.91 Å². The molecule has 1 aromatic heterocycles. The third kappa shape index (κ3) is 3.51. The molecule has 0 saturated heterocycles. The van der Waals surface area contributed by atoms with Gasteiger partial charge in [0.1, 0.15) is 12.2 Å². The molecule has 2 heterocycles. The molecule has 44 heavy (non-hydrogen) atoms. The molecule has 0 aromatic carbocycles. The van der Waals surface area contributed by atoms with Gasteiger partial charge in [-0.1, -0.05) is 52.0 Å². The first kappa shape index (κ1) is 30.0. The fourth-order valence-corrected chi connectivity index (χ4v) is 13.4. The number of amides is 1. The van der Waals surface area contributed by atoms with E-state index in [-0.39, 0.29) is 39.5 Å². The van der Waals surface area contributed by atoms with E-state index >= 15 is 0 Å². The van der Waals surface area contributed by atoms with Crippen LogP contribution in [0.5, 0.6) is 0 Å². The van der Waals surface area contributed by atoms with E-state index in [4.69, 9.17) is 0 Å². The molecule has 5 saturated carbocycles. The van der Waals surface area contributed by atoms with Gasteiger partial charge in [-0.05, 0) is 115 Å². The summed E-state index contributed by atoms with van der Waals surface area (Å²) in [5.74, 6) is 2.17. The monoisotopic (exact) mass is 603 g/mol. The van der Waals surface area contributed by atoms with Crippen LogP contribution in [0.4, 0.5) is 4.79 Å². The molecule has 2 unspecified atom stereocenters. The number of carbonyl (C=O) groups is 2. The average Bonchev–Trinajstić information content (AvgIpc) is 3.73. The number of hydrogen-bond donors (Lipinski definition) is 1. The maximum atomic E-state index is 14.3. The Hall–Kier alpha value is -2.68. The van der Waals surface area contributed by atoms with Gasteiger partial charge < -0.3 is 5.11 Å². The number of hydrogen-bond acceptors (Lipinski definition) is 6. The van der Waals surface area contributed by atoms with Crippen LogP contribution in [-0.2, 0) is 0 Å². The molecule has 5 fully saturated rings. The number of aromatic nitrogens is 3. The van der Waals surface area contributed by atoms with Crippen LogP contribution in [0.15, 0.2) is 47.3 Å². The molecule has 1 aliphatic heterocycles. The Balaban J connectivity index is 1.25. The minimum Gasteiger partial charge on any atom is -0.433 e. The second-order valence-electron chi connectivity index (χ2n) is 16.9. The van der Waals surface area contributed by atoms with Crippen molar-refractivity contribution >= 4 is 12.0 Å². The van der Waals surface area contributed by atoms with Crippen LogP contribution in [-0.4, -0.2) is 42.7 Å². The number of fused-ring (bicyclic) bond motifs is 7. The highest BCUT2D eigenvalue weighted by atomic mass is 16.4. The largest absolute Gasteiger partial charge is 0.547 e. The molecule has 11 atom stereocenters. The van der Waals surface area contributed by atoms with Crippen LogP contribution >= 0.6 is 0 Å². The lowest BCUT2D eigenvalue weighted by atomic mass is 9.32. The van der Waals surface area contributed by atoms with Crippen molar-refractivity contribution in [3.63, 3.8) is 0 Å². The van der Waals surface area contributed by atoms with Gasteiger partial charge in [-0.25, -0.2) is 0 Å². The Morgan fingerprint density at radius 3 is 2.34 bits per heavy atom. The zero-order valence-electron chi connectivity index (χ0n) is 27.5. The Kier molecular flexibility index (Phi) is 6.43. The maximum absolute atomic E-state index is 14.3. The lowest BCUT2D eigenvalue weighted by Crippen LogP contribution is -2.69. The van der Waals surface area contributed by atoms with Crippen molar-refractivity contribution in [2.75, 3.05) is 0 Å². The summed E-state index contributed by atoms with van der Waals surface area (Å²) in [4.78, 5) is 26.9. The van der Waals surface area contributed by atoms with Crippen LogP contribution in [0.25, 0.3) is 0 Å². The smallest absolute Gasteiger partial charge is 0.433 e. The third-order valence-corrected chi connectivity index (χ3v) is 15.4. The molecule has 1 amide bonds. The summed E-state index contributed by atoms with van der Waals surface area (Å²) >= 11 is 0. The zero-order chi connectivity index (χ0) is 31.5.